The Morgan fingerprint density at radius 3 is 2.35 bits per heavy atom. The van der Waals surface area contributed by atoms with Crippen molar-refractivity contribution in [2.75, 3.05) is 26.2 Å². The predicted octanol–water partition coefficient (Wildman–Crippen LogP) is 2.50. The van der Waals surface area contributed by atoms with E-state index in [2.05, 4.69) is 43.6 Å². The average Bonchev–Trinajstić information content (AvgIpc) is 2.78. The van der Waals surface area contributed by atoms with Gasteiger partial charge < -0.3 is 15.4 Å². The van der Waals surface area contributed by atoms with Crippen LogP contribution in [0.25, 0.3) is 0 Å². The maximum absolute atomic E-state index is 12.1. The van der Waals surface area contributed by atoms with Gasteiger partial charge in [0, 0.05) is 35.7 Å². The molecule has 0 unspecified atom stereocenters. The number of amides is 2. The van der Waals surface area contributed by atoms with Crippen LogP contribution in [0.15, 0.2) is 59.1 Å². The van der Waals surface area contributed by atoms with Gasteiger partial charge in [-0.05, 0) is 42.7 Å². The second kappa shape index (κ2) is 11.6. The molecule has 1 fully saturated rings. The van der Waals surface area contributed by atoms with E-state index in [1.165, 1.54) is 5.56 Å². The summed E-state index contributed by atoms with van der Waals surface area (Å²) in [5.41, 5.74) is 1.72. The standard InChI is InChI=1S/C23H26BrN3O4/c24-19-8-6-18(7-9-19)23(30)25-14-22(29)31-16-21(28)26-20-10-12-27(13-11-20)15-17-4-2-1-3-5-17/h1-9,20H,10-16H2,(H,25,30)(H,26,28). The van der Waals surface area contributed by atoms with E-state index in [1.54, 1.807) is 24.3 Å². The molecule has 0 bridgehead atoms. The van der Waals surface area contributed by atoms with Gasteiger partial charge in [-0.2, -0.15) is 0 Å². The van der Waals surface area contributed by atoms with Crippen LogP contribution in [0.4, 0.5) is 0 Å². The number of carbonyl (C=O) groups excluding carboxylic acids is 3. The van der Waals surface area contributed by atoms with E-state index in [0.717, 1.165) is 36.9 Å². The van der Waals surface area contributed by atoms with Crippen LogP contribution < -0.4 is 10.6 Å². The van der Waals surface area contributed by atoms with E-state index in [4.69, 9.17) is 4.74 Å². The molecular formula is C23H26BrN3O4. The molecule has 2 N–H and O–H groups in total. The molecule has 164 valence electrons. The van der Waals surface area contributed by atoms with Gasteiger partial charge >= 0.3 is 5.97 Å². The van der Waals surface area contributed by atoms with Crippen molar-refractivity contribution in [3.63, 3.8) is 0 Å². The Hall–Kier alpha value is -2.71. The number of esters is 1. The lowest BCUT2D eigenvalue weighted by Gasteiger charge is -2.32. The average molecular weight is 488 g/mol. The number of halogens is 1. The summed E-state index contributed by atoms with van der Waals surface area (Å²) in [5, 5.41) is 5.40. The fraction of sp³-hybridized carbons (Fsp3) is 0.348. The number of hydrogen-bond donors (Lipinski definition) is 2. The normalized spacial score (nSPS) is 14.6. The molecule has 1 heterocycles. The van der Waals surface area contributed by atoms with Gasteiger partial charge in [-0.25, -0.2) is 0 Å². The van der Waals surface area contributed by atoms with Crippen LogP contribution in [-0.4, -0.2) is 55.0 Å². The van der Waals surface area contributed by atoms with E-state index >= 15 is 0 Å². The van der Waals surface area contributed by atoms with Gasteiger partial charge in [-0.3, -0.25) is 19.3 Å². The fourth-order valence-electron chi connectivity index (χ4n) is 3.40. The summed E-state index contributed by atoms with van der Waals surface area (Å²) in [6.45, 7) is 2.08. The topological polar surface area (TPSA) is 87.7 Å². The van der Waals surface area contributed by atoms with Crippen molar-refractivity contribution in [3.05, 3.63) is 70.2 Å². The van der Waals surface area contributed by atoms with Crippen molar-refractivity contribution >= 4 is 33.7 Å². The molecule has 0 radical (unpaired) electrons. The largest absolute Gasteiger partial charge is 0.454 e. The molecule has 0 aromatic heterocycles. The Bertz CT molecular complexity index is 881. The SMILES string of the molecule is O=C(COC(=O)CNC(=O)c1ccc(Br)cc1)NC1CCN(Cc2ccccc2)CC1. The summed E-state index contributed by atoms with van der Waals surface area (Å²) in [6.07, 6.45) is 1.71. The quantitative estimate of drug-likeness (QED) is 0.558. The monoisotopic (exact) mass is 487 g/mol. The molecule has 0 saturated carbocycles. The number of piperidine rings is 1. The Labute approximate surface area is 190 Å². The second-order valence-corrected chi connectivity index (χ2v) is 8.37. The number of nitrogens with zero attached hydrogens (tertiary/aromatic N) is 1. The summed E-state index contributed by atoms with van der Waals surface area (Å²) in [7, 11) is 0. The van der Waals surface area contributed by atoms with Gasteiger partial charge in [0.1, 0.15) is 6.54 Å². The maximum atomic E-state index is 12.1. The summed E-state index contributed by atoms with van der Waals surface area (Å²) in [6, 6.07) is 17.2. The molecule has 8 heteroatoms. The van der Waals surface area contributed by atoms with Crippen LogP contribution in [0.3, 0.4) is 0 Å². The zero-order chi connectivity index (χ0) is 22.1. The van der Waals surface area contributed by atoms with Crippen molar-refractivity contribution in [2.24, 2.45) is 0 Å². The minimum absolute atomic E-state index is 0.0790. The summed E-state index contributed by atoms with van der Waals surface area (Å²) in [4.78, 5) is 38.3. The Balaban J connectivity index is 1.30. The van der Waals surface area contributed by atoms with E-state index < -0.39 is 5.97 Å². The Kier molecular flexibility index (Phi) is 8.61. The first-order chi connectivity index (χ1) is 15.0. The Morgan fingerprint density at radius 2 is 1.68 bits per heavy atom. The number of carbonyl (C=O) groups is 3. The highest BCUT2D eigenvalue weighted by molar-refractivity contribution is 9.10. The maximum Gasteiger partial charge on any atom is 0.325 e. The van der Waals surface area contributed by atoms with Crippen LogP contribution in [0, 0.1) is 0 Å². The van der Waals surface area contributed by atoms with E-state index in [-0.39, 0.29) is 31.0 Å². The summed E-state index contributed by atoms with van der Waals surface area (Å²) >= 11 is 3.30. The number of nitrogens with one attached hydrogen (secondary N) is 2. The lowest BCUT2D eigenvalue weighted by Crippen LogP contribution is -2.45. The molecular weight excluding hydrogens is 462 g/mol. The van der Waals surface area contributed by atoms with Gasteiger partial charge in [-0.15, -0.1) is 0 Å². The first-order valence-electron chi connectivity index (χ1n) is 10.2. The highest BCUT2D eigenvalue weighted by atomic mass is 79.9. The first kappa shape index (κ1) is 23.0. The van der Waals surface area contributed by atoms with Gasteiger partial charge in [-0.1, -0.05) is 46.3 Å². The molecule has 3 rings (SSSR count). The number of ether oxygens (including phenoxy) is 1. The van der Waals surface area contributed by atoms with Gasteiger partial charge in [0.2, 0.25) is 0 Å². The highest BCUT2D eigenvalue weighted by Crippen LogP contribution is 2.14. The number of rotatable bonds is 8. The zero-order valence-corrected chi connectivity index (χ0v) is 18.8. The van der Waals surface area contributed by atoms with E-state index in [0.29, 0.717) is 5.56 Å². The second-order valence-electron chi connectivity index (χ2n) is 7.45. The molecule has 2 aromatic carbocycles. The van der Waals surface area contributed by atoms with Crippen LogP contribution in [0.1, 0.15) is 28.8 Å². The smallest absolute Gasteiger partial charge is 0.325 e. The molecule has 7 nitrogen and oxygen atoms in total. The third-order valence-corrected chi connectivity index (χ3v) is 5.59. The third-order valence-electron chi connectivity index (χ3n) is 5.07. The van der Waals surface area contributed by atoms with Crippen molar-refractivity contribution in [1.29, 1.82) is 0 Å². The molecule has 0 aliphatic carbocycles. The van der Waals surface area contributed by atoms with Gasteiger partial charge in [0.05, 0.1) is 0 Å². The van der Waals surface area contributed by atoms with Gasteiger partial charge in [0.25, 0.3) is 11.8 Å². The Morgan fingerprint density at radius 1 is 1.00 bits per heavy atom. The summed E-state index contributed by atoms with van der Waals surface area (Å²) in [5.74, 6) is -1.36. The molecule has 0 atom stereocenters. The highest BCUT2D eigenvalue weighted by Gasteiger charge is 2.21. The molecule has 31 heavy (non-hydrogen) atoms. The molecule has 2 aromatic rings. The molecule has 1 aliphatic heterocycles. The predicted molar refractivity (Wildman–Crippen MR) is 120 cm³/mol. The minimum Gasteiger partial charge on any atom is -0.454 e. The van der Waals surface area contributed by atoms with Crippen LogP contribution in [0.2, 0.25) is 0 Å². The van der Waals surface area contributed by atoms with Crippen molar-refractivity contribution in [2.45, 2.75) is 25.4 Å². The lowest BCUT2D eigenvalue weighted by atomic mass is 10.0. The third kappa shape index (κ3) is 7.80. The molecule has 1 aliphatic rings. The van der Waals surface area contributed by atoms with Crippen LogP contribution in [0.5, 0.6) is 0 Å². The van der Waals surface area contributed by atoms with Crippen LogP contribution >= 0.6 is 15.9 Å². The minimum atomic E-state index is -0.654. The van der Waals surface area contributed by atoms with Crippen molar-refractivity contribution < 1.29 is 19.1 Å². The van der Waals surface area contributed by atoms with Crippen molar-refractivity contribution in [3.8, 4) is 0 Å². The van der Waals surface area contributed by atoms with Crippen molar-refractivity contribution in [1.82, 2.24) is 15.5 Å². The fourth-order valence-corrected chi connectivity index (χ4v) is 3.66. The summed E-state index contributed by atoms with van der Waals surface area (Å²) < 4.78 is 5.82. The first-order valence-corrected chi connectivity index (χ1v) is 11.0. The molecule has 0 spiro atoms. The zero-order valence-electron chi connectivity index (χ0n) is 17.2. The number of hydrogen-bond acceptors (Lipinski definition) is 5. The number of likely N-dealkylation sites (tertiary alicyclic amines) is 1. The molecule has 2 amide bonds. The van der Waals surface area contributed by atoms with Gasteiger partial charge in [0.15, 0.2) is 6.61 Å². The lowest BCUT2D eigenvalue weighted by molar-refractivity contribution is -0.147. The molecule has 1 saturated heterocycles. The van der Waals surface area contributed by atoms with E-state index in [9.17, 15) is 14.4 Å². The van der Waals surface area contributed by atoms with Crippen LogP contribution in [-0.2, 0) is 20.9 Å². The number of benzene rings is 2. The van der Waals surface area contributed by atoms with E-state index in [1.807, 2.05) is 18.2 Å².